The number of rotatable bonds is 6. The fraction of sp³-hybridized carbons (Fsp3) is 0.143. The zero-order chi connectivity index (χ0) is 18.6. The topological polar surface area (TPSA) is 46.6 Å². The molecule has 0 atom stereocenters. The summed E-state index contributed by atoms with van der Waals surface area (Å²) in [6.45, 7) is 4.09. The highest BCUT2D eigenvalue weighted by atomic mass is 32.2. The monoisotopic (exact) mass is 367 g/mol. The average Bonchev–Trinajstić information content (AvgIpc) is 2.65. The number of ether oxygens (including phenoxy) is 1. The third-order valence-corrected chi connectivity index (χ3v) is 5.92. The molecule has 0 saturated heterocycles. The summed E-state index contributed by atoms with van der Waals surface area (Å²) in [5.41, 5.74) is 1.63. The van der Waals surface area contributed by atoms with Gasteiger partial charge >= 0.3 is 0 Å². The molecule has 0 N–H and O–H groups in total. The minimum atomic E-state index is -3.60. The highest BCUT2D eigenvalue weighted by molar-refractivity contribution is 7.92. The van der Waals surface area contributed by atoms with Crippen molar-refractivity contribution in [2.45, 2.75) is 18.7 Å². The Morgan fingerprint density at radius 2 is 1.38 bits per heavy atom. The van der Waals surface area contributed by atoms with E-state index in [0.717, 1.165) is 11.3 Å². The molecule has 0 saturated carbocycles. The molecular weight excluding hydrogens is 346 g/mol. The van der Waals surface area contributed by atoms with E-state index in [1.54, 1.807) is 48.5 Å². The Balaban J connectivity index is 1.85. The molecule has 3 aromatic carbocycles. The van der Waals surface area contributed by atoms with E-state index in [-0.39, 0.29) is 4.90 Å². The van der Waals surface area contributed by atoms with Gasteiger partial charge in [0.25, 0.3) is 10.0 Å². The largest absolute Gasteiger partial charge is 0.457 e. The number of para-hydroxylation sites is 1. The first kappa shape index (κ1) is 18.0. The van der Waals surface area contributed by atoms with Crippen LogP contribution in [0.2, 0.25) is 0 Å². The lowest BCUT2D eigenvalue weighted by molar-refractivity contribution is 0.482. The van der Waals surface area contributed by atoms with Crippen molar-refractivity contribution in [3.63, 3.8) is 0 Å². The van der Waals surface area contributed by atoms with Crippen molar-refractivity contribution < 1.29 is 13.2 Å². The molecule has 0 heterocycles. The van der Waals surface area contributed by atoms with Crippen molar-refractivity contribution in [1.82, 2.24) is 0 Å². The van der Waals surface area contributed by atoms with Crippen molar-refractivity contribution in [2.24, 2.45) is 0 Å². The third-order valence-electron chi connectivity index (χ3n) is 4.00. The minimum Gasteiger partial charge on any atom is -0.457 e. The number of sulfonamides is 1. The Hall–Kier alpha value is -2.79. The van der Waals surface area contributed by atoms with Gasteiger partial charge in [-0.3, -0.25) is 4.31 Å². The average molecular weight is 367 g/mol. The normalized spacial score (nSPS) is 11.2. The van der Waals surface area contributed by atoms with E-state index in [2.05, 4.69) is 0 Å². The van der Waals surface area contributed by atoms with Gasteiger partial charge in [-0.2, -0.15) is 0 Å². The number of hydrogen-bond acceptors (Lipinski definition) is 3. The molecule has 26 heavy (non-hydrogen) atoms. The fourth-order valence-electron chi connectivity index (χ4n) is 2.63. The van der Waals surface area contributed by atoms with Crippen molar-refractivity contribution >= 4 is 15.7 Å². The van der Waals surface area contributed by atoms with Crippen LogP contribution in [0.1, 0.15) is 12.5 Å². The molecule has 0 aliphatic carbocycles. The molecular formula is C21H21NO3S. The van der Waals surface area contributed by atoms with Gasteiger partial charge in [0.15, 0.2) is 0 Å². The SMILES string of the molecule is CCN(c1ccc(Oc2ccccc2)cc1)S(=O)(=O)c1ccc(C)cc1. The molecule has 0 fully saturated rings. The minimum absolute atomic E-state index is 0.287. The maximum absolute atomic E-state index is 12.9. The molecule has 0 radical (unpaired) electrons. The maximum atomic E-state index is 12.9. The summed E-state index contributed by atoms with van der Waals surface area (Å²) < 4.78 is 33.0. The number of benzene rings is 3. The maximum Gasteiger partial charge on any atom is 0.264 e. The number of aryl methyl sites for hydroxylation is 1. The molecule has 134 valence electrons. The molecule has 0 amide bonds. The Labute approximate surface area is 154 Å². The van der Waals surface area contributed by atoms with Crippen LogP contribution in [0.3, 0.4) is 0 Å². The lowest BCUT2D eigenvalue weighted by Gasteiger charge is -2.23. The zero-order valence-electron chi connectivity index (χ0n) is 14.8. The van der Waals surface area contributed by atoms with E-state index in [1.165, 1.54) is 4.31 Å². The van der Waals surface area contributed by atoms with Crippen molar-refractivity contribution in [1.29, 1.82) is 0 Å². The van der Waals surface area contributed by atoms with Gasteiger partial charge in [-0.1, -0.05) is 35.9 Å². The van der Waals surface area contributed by atoms with E-state index >= 15 is 0 Å². The van der Waals surface area contributed by atoms with Gasteiger partial charge in [0.1, 0.15) is 11.5 Å². The molecule has 5 heteroatoms. The van der Waals surface area contributed by atoms with Gasteiger partial charge < -0.3 is 4.74 Å². The van der Waals surface area contributed by atoms with Crippen LogP contribution in [0.4, 0.5) is 5.69 Å². The Kier molecular flexibility index (Phi) is 5.28. The first-order valence-corrected chi connectivity index (χ1v) is 9.87. The lowest BCUT2D eigenvalue weighted by Crippen LogP contribution is -2.30. The highest BCUT2D eigenvalue weighted by Crippen LogP contribution is 2.27. The molecule has 0 bridgehead atoms. The Morgan fingerprint density at radius 3 is 1.96 bits per heavy atom. The van der Waals surface area contributed by atoms with Gasteiger partial charge in [-0.05, 0) is 62.4 Å². The van der Waals surface area contributed by atoms with Crippen LogP contribution in [-0.2, 0) is 10.0 Å². The van der Waals surface area contributed by atoms with Crippen LogP contribution in [0.15, 0.2) is 83.8 Å². The second-order valence-electron chi connectivity index (χ2n) is 5.89. The predicted molar refractivity (Wildman–Crippen MR) is 104 cm³/mol. The summed E-state index contributed by atoms with van der Waals surface area (Å²) in [5.74, 6) is 1.39. The van der Waals surface area contributed by atoms with Crippen molar-refractivity contribution in [3.8, 4) is 11.5 Å². The second kappa shape index (κ2) is 7.62. The standard InChI is InChI=1S/C21H21NO3S/c1-3-22(26(23,24)21-15-9-17(2)10-16-21)18-11-13-20(14-12-18)25-19-7-5-4-6-8-19/h4-16H,3H2,1-2H3. The molecule has 3 rings (SSSR count). The van der Waals surface area contributed by atoms with E-state index in [0.29, 0.717) is 18.0 Å². The van der Waals surface area contributed by atoms with Gasteiger partial charge in [0.05, 0.1) is 10.6 Å². The van der Waals surface area contributed by atoms with Crippen molar-refractivity contribution in [2.75, 3.05) is 10.8 Å². The van der Waals surface area contributed by atoms with E-state index < -0.39 is 10.0 Å². The van der Waals surface area contributed by atoms with Crippen LogP contribution >= 0.6 is 0 Å². The summed E-state index contributed by atoms with van der Waals surface area (Å²) in [6.07, 6.45) is 0. The Bertz CT molecular complexity index is 950. The van der Waals surface area contributed by atoms with Crippen LogP contribution in [0.25, 0.3) is 0 Å². The third kappa shape index (κ3) is 3.89. The van der Waals surface area contributed by atoms with Crippen LogP contribution in [0.5, 0.6) is 11.5 Å². The molecule has 3 aromatic rings. The summed E-state index contributed by atoms with van der Waals surface area (Å²) >= 11 is 0. The van der Waals surface area contributed by atoms with Crippen LogP contribution in [0, 0.1) is 6.92 Å². The molecule has 0 spiro atoms. The smallest absolute Gasteiger partial charge is 0.264 e. The second-order valence-corrected chi connectivity index (χ2v) is 7.75. The molecule has 0 aliphatic rings. The van der Waals surface area contributed by atoms with Gasteiger partial charge in [0, 0.05) is 6.54 Å². The summed E-state index contributed by atoms with van der Waals surface area (Å²) in [7, 11) is -3.60. The molecule has 0 unspecified atom stereocenters. The fourth-order valence-corrected chi connectivity index (χ4v) is 4.11. The van der Waals surface area contributed by atoms with Gasteiger partial charge in [-0.15, -0.1) is 0 Å². The predicted octanol–water partition coefficient (Wildman–Crippen LogP) is 5.00. The molecule has 0 aromatic heterocycles. The quantitative estimate of drug-likeness (QED) is 0.616. The number of nitrogens with zero attached hydrogens (tertiary/aromatic N) is 1. The Morgan fingerprint density at radius 1 is 0.808 bits per heavy atom. The highest BCUT2D eigenvalue weighted by Gasteiger charge is 2.23. The number of hydrogen-bond donors (Lipinski definition) is 0. The van der Waals surface area contributed by atoms with Gasteiger partial charge in [-0.25, -0.2) is 8.42 Å². The first-order valence-electron chi connectivity index (χ1n) is 8.43. The summed E-state index contributed by atoms with van der Waals surface area (Å²) in [4.78, 5) is 0.287. The molecule has 0 aliphatic heterocycles. The van der Waals surface area contributed by atoms with Crippen LogP contribution < -0.4 is 9.04 Å². The van der Waals surface area contributed by atoms with Crippen molar-refractivity contribution in [3.05, 3.63) is 84.4 Å². The zero-order valence-corrected chi connectivity index (χ0v) is 15.6. The lowest BCUT2D eigenvalue weighted by atomic mass is 10.2. The number of anilines is 1. The van der Waals surface area contributed by atoms with Gasteiger partial charge in [0.2, 0.25) is 0 Å². The van der Waals surface area contributed by atoms with Crippen LogP contribution in [-0.4, -0.2) is 15.0 Å². The molecule has 4 nitrogen and oxygen atoms in total. The summed E-state index contributed by atoms with van der Waals surface area (Å²) in [5, 5.41) is 0. The van der Waals surface area contributed by atoms with E-state index in [9.17, 15) is 8.42 Å². The summed E-state index contributed by atoms with van der Waals surface area (Å²) in [6, 6.07) is 23.4. The van der Waals surface area contributed by atoms with E-state index in [1.807, 2.05) is 44.2 Å². The van der Waals surface area contributed by atoms with E-state index in [4.69, 9.17) is 4.74 Å². The first-order chi connectivity index (χ1) is 12.5.